The van der Waals surface area contributed by atoms with Crippen LogP contribution < -0.4 is 0 Å². The molecule has 1 rings (SSSR count). The van der Waals surface area contributed by atoms with Crippen LogP contribution in [0.1, 0.15) is 24.8 Å². The van der Waals surface area contributed by atoms with Crippen LogP contribution in [0.15, 0.2) is 30.3 Å². The maximum absolute atomic E-state index is 12.3. The number of hydrogen-bond acceptors (Lipinski definition) is 2. The number of carbonyl (C=O) groups excluding carboxylic acids is 1. The first-order valence-corrected chi connectivity index (χ1v) is 6.38. The third-order valence-electron chi connectivity index (χ3n) is 2.79. The monoisotopic (exact) mass is 303 g/mol. The number of carbonyl (C=O) groups is 2. The van der Waals surface area contributed by atoms with Gasteiger partial charge in [0.1, 0.15) is 0 Å². The van der Waals surface area contributed by atoms with Gasteiger partial charge in [-0.25, -0.2) is 0 Å². The maximum atomic E-state index is 12.3. The van der Waals surface area contributed by atoms with Gasteiger partial charge >= 0.3 is 12.1 Å². The Morgan fingerprint density at radius 2 is 1.71 bits per heavy atom. The largest absolute Gasteiger partial charge is 0.481 e. The molecule has 0 bridgehead atoms. The molecule has 1 aromatic rings. The molecule has 21 heavy (non-hydrogen) atoms. The number of amides is 1. The summed E-state index contributed by atoms with van der Waals surface area (Å²) in [6.45, 7) is -0.438. The molecular formula is C14H16F3NO3. The normalized spacial score (nSPS) is 11.2. The van der Waals surface area contributed by atoms with Gasteiger partial charge in [0.15, 0.2) is 0 Å². The van der Waals surface area contributed by atoms with Crippen molar-refractivity contribution in [2.75, 3.05) is 6.54 Å². The molecule has 0 unspecified atom stereocenters. The molecule has 0 aliphatic heterocycles. The van der Waals surface area contributed by atoms with Gasteiger partial charge < -0.3 is 10.0 Å². The van der Waals surface area contributed by atoms with E-state index in [1.54, 1.807) is 30.3 Å². The standard InChI is InChI=1S/C14H16F3NO3/c15-14(16,17)8-9-18(12(19)6-7-13(20)21)10-11-4-2-1-3-5-11/h1-5H,6-10H2,(H,20,21). The van der Waals surface area contributed by atoms with E-state index in [0.29, 0.717) is 5.56 Å². The summed E-state index contributed by atoms with van der Waals surface area (Å²) in [5, 5.41) is 8.54. The quantitative estimate of drug-likeness (QED) is 0.842. The van der Waals surface area contributed by atoms with Gasteiger partial charge in [0.2, 0.25) is 5.91 Å². The Labute approximate surface area is 120 Å². The van der Waals surface area contributed by atoms with Crippen molar-refractivity contribution in [3.8, 4) is 0 Å². The zero-order valence-electron chi connectivity index (χ0n) is 11.3. The van der Waals surface area contributed by atoms with Crippen molar-refractivity contribution in [3.05, 3.63) is 35.9 Å². The van der Waals surface area contributed by atoms with Gasteiger partial charge in [-0.2, -0.15) is 13.2 Å². The van der Waals surface area contributed by atoms with Crippen molar-refractivity contribution in [2.24, 2.45) is 0 Å². The predicted octanol–water partition coefficient (Wildman–Crippen LogP) is 2.83. The smallest absolute Gasteiger partial charge is 0.390 e. The Bertz CT molecular complexity index is 474. The first-order chi connectivity index (χ1) is 9.78. The lowest BCUT2D eigenvalue weighted by Gasteiger charge is -2.23. The summed E-state index contributed by atoms with van der Waals surface area (Å²) in [6, 6.07) is 8.60. The van der Waals surface area contributed by atoms with Crippen molar-refractivity contribution in [2.45, 2.75) is 32.0 Å². The molecule has 0 saturated heterocycles. The van der Waals surface area contributed by atoms with Crippen molar-refractivity contribution < 1.29 is 27.9 Å². The fourth-order valence-corrected chi connectivity index (χ4v) is 1.73. The van der Waals surface area contributed by atoms with E-state index in [1.807, 2.05) is 0 Å². The van der Waals surface area contributed by atoms with Crippen LogP contribution in [0.4, 0.5) is 13.2 Å². The van der Waals surface area contributed by atoms with Crippen molar-refractivity contribution in [1.29, 1.82) is 0 Å². The van der Waals surface area contributed by atoms with E-state index in [-0.39, 0.29) is 13.0 Å². The minimum Gasteiger partial charge on any atom is -0.481 e. The molecule has 0 spiro atoms. The van der Waals surface area contributed by atoms with Gasteiger partial charge in [-0.3, -0.25) is 9.59 Å². The molecule has 0 saturated carbocycles. The third kappa shape index (κ3) is 7.34. The molecule has 116 valence electrons. The van der Waals surface area contributed by atoms with Gasteiger partial charge in [-0.15, -0.1) is 0 Å². The second kappa shape index (κ2) is 7.66. The lowest BCUT2D eigenvalue weighted by atomic mass is 10.2. The molecule has 0 aliphatic rings. The molecule has 1 aromatic carbocycles. The van der Waals surface area contributed by atoms with Crippen LogP contribution in [0.3, 0.4) is 0 Å². The van der Waals surface area contributed by atoms with Crippen LogP contribution in [0.25, 0.3) is 0 Å². The highest BCUT2D eigenvalue weighted by molar-refractivity contribution is 5.80. The molecule has 0 fully saturated rings. The van der Waals surface area contributed by atoms with E-state index >= 15 is 0 Å². The fraction of sp³-hybridized carbons (Fsp3) is 0.429. The van der Waals surface area contributed by atoms with E-state index < -0.39 is 37.4 Å². The summed E-state index contributed by atoms with van der Waals surface area (Å²) in [6.07, 6.45) is -6.17. The van der Waals surface area contributed by atoms with Crippen LogP contribution >= 0.6 is 0 Å². The summed E-state index contributed by atoms with van der Waals surface area (Å²) in [7, 11) is 0. The van der Waals surface area contributed by atoms with Crippen LogP contribution in [0, 0.1) is 0 Å². The third-order valence-corrected chi connectivity index (χ3v) is 2.79. The van der Waals surface area contributed by atoms with Gasteiger partial charge in [-0.05, 0) is 5.56 Å². The second-order valence-corrected chi connectivity index (χ2v) is 4.56. The molecule has 0 aromatic heterocycles. The van der Waals surface area contributed by atoms with Crippen LogP contribution in [0.2, 0.25) is 0 Å². The number of nitrogens with zero attached hydrogens (tertiary/aromatic N) is 1. The van der Waals surface area contributed by atoms with Crippen LogP contribution in [0.5, 0.6) is 0 Å². The number of halogens is 3. The van der Waals surface area contributed by atoms with E-state index in [9.17, 15) is 22.8 Å². The maximum Gasteiger partial charge on any atom is 0.390 e. The summed E-state index contributed by atoms with van der Waals surface area (Å²) in [5.41, 5.74) is 0.698. The minimum atomic E-state index is -4.36. The summed E-state index contributed by atoms with van der Waals surface area (Å²) in [5.74, 6) is -1.75. The number of carboxylic acid groups (broad SMARTS) is 1. The Morgan fingerprint density at radius 1 is 1.10 bits per heavy atom. The van der Waals surface area contributed by atoms with Crippen molar-refractivity contribution in [3.63, 3.8) is 0 Å². The average Bonchev–Trinajstić information content (AvgIpc) is 2.41. The number of benzene rings is 1. The zero-order valence-corrected chi connectivity index (χ0v) is 11.3. The van der Waals surface area contributed by atoms with E-state index in [2.05, 4.69) is 0 Å². The number of rotatable bonds is 7. The topological polar surface area (TPSA) is 57.6 Å². The number of aliphatic carboxylic acids is 1. The summed E-state index contributed by atoms with van der Waals surface area (Å²) >= 11 is 0. The zero-order chi connectivity index (χ0) is 15.9. The highest BCUT2D eigenvalue weighted by atomic mass is 19.4. The van der Waals surface area contributed by atoms with Crippen molar-refractivity contribution >= 4 is 11.9 Å². The molecule has 0 heterocycles. The van der Waals surface area contributed by atoms with E-state index in [1.165, 1.54) is 0 Å². The average molecular weight is 303 g/mol. The summed E-state index contributed by atoms with van der Waals surface area (Å²) < 4.78 is 36.9. The molecule has 1 N–H and O–H groups in total. The molecule has 0 aliphatic carbocycles. The van der Waals surface area contributed by atoms with Crippen LogP contribution in [-0.2, 0) is 16.1 Å². The number of carboxylic acids is 1. The lowest BCUT2D eigenvalue weighted by molar-refractivity contribution is -0.148. The van der Waals surface area contributed by atoms with Gasteiger partial charge in [-0.1, -0.05) is 30.3 Å². The van der Waals surface area contributed by atoms with Gasteiger partial charge in [0.05, 0.1) is 12.8 Å². The Morgan fingerprint density at radius 3 is 2.24 bits per heavy atom. The highest BCUT2D eigenvalue weighted by Crippen LogP contribution is 2.21. The van der Waals surface area contributed by atoms with Gasteiger partial charge in [0, 0.05) is 19.5 Å². The molecule has 4 nitrogen and oxygen atoms in total. The summed E-state index contributed by atoms with van der Waals surface area (Å²) in [4.78, 5) is 23.4. The van der Waals surface area contributed by atoms with Crippen LogP contribution in [-0.4, -0.2) is 34.6 Å². The van der Waals surface area contributed by atoms with Crippen molar-refractivity contribution in [1.82, 2.24) is 4.90 Å². The Kier molecular flexibility index (Phi) is 6.20. The van der Waals surface area contributed by atoms with E-state index in [0.717, 1.165) is 4.90 Å². The van der Waals surface area contributed by atoms with Gasteiger partial charge in [0.25, 0.3) is 0 Å². The number of alkyl halides is 3. The highest BCUT2D eigenvalue weighted by Gasteiger charge is 2.29. The molecule has 7 heteroatoms. The molecule has 0 radical (unpaired) electrons. The Hall–Kier alpha value is -2.05. The minimum absolute atomic E-state index is 0.0371. The lowest BCUT2D eigenvalue weighted by Crippen LogP contribution is -2.34. The van der Waals surface area contributed by atoms with E-state index in [4.69, 9.17) is 5.11 Å². The SMILES string of the molecule is O=C(O)CCC(=O)N(CCC(F)(F)F)Cc1ccccc1. The molecular weight excluding hydrogens is 287 g/mol. The first-order valence-electron chi connectivity index (χ1n) is 6.38. The molecule has 0 atom stereocenters. The fourth-order valence-electron chi connectivity index (χ4n) is 1.73. The number of hydrogen-bond donors (Lipinski definition) is 1. The predicted molar refractivity (Wildman–Crippen MR) is 69.4 cm³/mol. The Balaban J connectivity index is 2.69. The molecule has 1 amide bonds. The second-order valence-electron chi connectivity index (χ2n) is 4.56. The first kappa shape index (κ1) is 17.0.